The Hall–Kier alpha value is -1.80. The lowest BCUT2D eigenvalue weighted by Gasteiger charge is -2.27. The van der Waals surface area contributed by atoms with E-state index in [2.05, 4.69) is 62.1 Å². The van der Waals surface area contributed by atoms with Crippen molar-refractivity contribution in [2.24, 2.45) is 0 Å². The molecule has 0 aliphatic heterocycles. The third kappa shape index (κ3) is 3.61. The standard InChI is InChI=1S/C18H24N2/c1-14(2)20(12-16-9-5-4-8-15(16)3)13-17-10-6-7-11-18(17)19/h4-11,14H,12-13,19H2,1-3H3. The molecule has 0 saturated heterocycles. The predicted molar refractivity (Wildman–Crippen MR) is 86.4 cm³/mol. The number of nitrogens with two attached hydrogens (primary N) is 1. The third-order valence-corrected chi connectivity index (χ3v) is 3.79. The van der Waals surface area contributed by atoms with Crippen LogP contribution < -0.4 is 5.73 Å². The summed E-state index contributed by atoms with van der Waals surface area (Å²) in [5.74, 6) is 0. The molecule has 0 saturated carbocycles. The Kier molecular flexibility index (Phi) is 4.80. The second-order valence-electron chi connectivity index (χ2n) is 5.62. The Morgan fingerprint density at radius 2 is 1.45 bits per heavy atom. The van der Waals surface area contributed by atoms with Crippen LogP contribution in [0.5, 0.6) is 0 Å². The van der Waals surface area contributed by atoms with Crippen molar-refractivity contribution < 1.29 is 0 Å². The molecule has 0 aliphatic rings. The molecule has 0 spiro atoms. The fourth-order valence-electron chi connectivity index (χ4n) is 2.32. The van der Waals surface area contributed by atoms with Crippen LogP contribution in [0.2, 0.25) is 0 Å². The zero-order valence-corrected chi connectivity index (χ0v) is 12.6. The van der Waals surface area contributed by atoms with Crippen LogP contribution in [-0.2, 0) is 13.1 Å². The minimum absolute atomic E-state index is 0.481. The molecule has 20 heavy (non-hydrogen) atoms. The topological polar surface area (TPSA) is 29.3 Å². The summed E-state index contributed by atoms with van der Waals surface area (Å²) in [6.07, 6.45) is 0. The van der Waals surface area contributed by atoms with Crippen molar-refractivity contribution in [1.29, 1.82) is 0 Å². The summed E-state index contributed by atoms with van der Waals surface area (Å²) in [6.45, 7) is 8.48. The highest BCUT2D eigenvalue weighted by Gasteiger charge is 2.13. The van der Waals surface area contributed by atoms with Crippen LogP contribution in [0, 0.1) is 6.92 Å². The van der Waals surface area contributed by atoms with Gasteiger partial charge in [-0.25, -0.2) is 0 Å². The van der Waals surface area contributed by atoms with Crippen LogP contribution in [0.1, 0.15) is 30.5 Å². The molecule has 0 amide bonds. The maximum Gasteiger partial charge on any atom is 0.0359 e. The van der Waals surface area contributed by atoms with Crippen LogP contribution in [0.4, 0.5) is 5.69 Å². The molecular weight excluding hydrogens is 244 g/mol. The van der Waals surface area contributed by atoms with Crippen LogP contribution in [-0.4, -0.2) is 10.9 Å². The van der Waals surface area contributed by atoms with Gasteiger partial charge in [0.25, 0.3) is 0 Å². The zero-order valence-electron chi connectivity index (χ0n) is 12.6. The molecule has 0 radical (unpaired) electrons. The van der Waals surface area contributed by atoms with Gasteiger partial charge >= 0.3 is 0 Å². The number of aryl methyl sites for hydroxylation is 1. The SMILES string of the molecule is Cc1ccccc1CN(Cc1ccccc1N)C(C)C. The van der Waals surface area contributed by atoms with Crippen LogP contribution in [0.15, 0.2) is 48.5 Å². The summed E-state index contributed by atoms with van der Waals surface area (Å²) < 4.78 is 0. The Bertz CT molecular complexity index is 513. The van der Waals surface area contributed by atoms with E-state index in [-0.39, 0.29) is 0 Å². The predicted octanol–water partition coefficient (Wildman–Crippen LogP) is 3.99. The molecule has 2 rings (SSSR count). The molecule has 0 aromatic heterocycles. The zero-order chi connectivity index (χ0) is 14.5. The molecule has 0 atom stereocenters. The molecule has 0 bridgehead atoms. The number of benzene rings is 2. The van der Waals surface area contributed by atoms with Gasteiger partial charge in [-0.15, -0.1) is 0 Å². The van der Waals surface area contributed by atoms with Gasteiger partial charge in [-0.1, -0.05) is 42.5 Å². The van der Waals surface area contributed by atoms with Crippen molar-refractivity contribution >= 4 is 5.69 Å². The van der Waals surface area contributed by atoms with E-state index in [1.807, 2.05) is 12.1 Å². The fraction of sp³-hybridized carbons (Fsp3) is 0.333. The summed E-state index contributed by atoms with van der Waals surface area (Å²) in [5, 5.41) is 0. The Morgan fingerprint density at radius 3 is 2.05 bits per heavy atom. The molecule has 2 aromatic carbocycles. The minimum Gasteiger partial charge on any atom is -0.398 e. The number of hydrogen-bond acceptors (Lipinski definition) is 2. The molecule has 0 aliphatic carbocycles. The molecule has 0 fully saturated rings. The van der Waals surface area contributed by atoms with Gasteiger partial charge in [0, 0.05) is 24.8 Å². The Morgan fingerprint density at radius 1 is 0.900 bits per heavy atom. The van der Waals surface area contributed by atoms with E-state index in [1.165, 1.54) is 16.7 Å². The number of nitrogens with zero attached hydrogens (tertiary/aromatic N) is 1. The van der Waals surface area contributed by atoms with E-state index in [4.69, 9.17) is 5.73 Å². The third-order valence-electron chi connectivity index (χ3n) is 3.79. The number of nitrogen functional groups attached to an aromatic ring is 1. The molecule has 0 unspecified atom stereocenters. The van der Waals surface area contributed by atoms with Gasteiger partial charge in [-0.3, -0.25) is 4.90 Å². The van der Waals surface area contributed by atoms with E-state index in [1.54, 1.807) is 0 Å². The van der Waals surface area contributed by atoms with Gasteiger partial charge in [0.2, 0.25) is 0 Å². The van der Waals surface area contributed by atoms with E-state index in [9.17, 15) is 0 Å². The Labute approximate surface area is 122 Å². The summed E-state index contributed by atoms with van der Waals surface area (Å²) >= 11 is 0. The first kappa shape index (κ1) is 14.6. The molecule has 0 heterocycles. The normalized spacial score (nSPS) is 11.2. The second-order valence-corrected chi connectivity index (χ2v) is 5.62. The molecule has 2 heteroatoms. The Balaban J connectivity index is 2.16. The lowest BCUT2D eigenvalue weighted by Crippen LogP contribution is -2.30. The summed E-state index contributed by atoms with van der Waals surface area (Å²) in [5.41, 5.74) is 10.9. The first-order chi connectivity index (χ1) is 9.58. The maximum atomic E-state index is 6.07. The number of rotatable bonds is 5. The minimum atomic E-state index is 0.481. The van der Waals surface area contributed by atoms with Gasteiger partial charge in [-0.2, -0.15) is 0 Å². The van der Waals surface area contributed by atoms with Crippen LogP contribution >= 0.6 is 0 Å². The van der Waals surface area contributed by atoms with E-state index >= 15 is 0 Å². The van der Waals surface area contributed by atoms with E-state index in [0.29, 0.717) is 6.04 Å². The molecule has 2 aromatic rings. The van der Waals surface area contributed by atoms with Gasteiger partial charge < -0.3 is 5.73 Å². The number of para-hydroxylation sites is 1. The average Bonchev–Trinajstić information content (AvgIpc) is 2.42. The monoisotopic (exact) mass is 268 g/mol. The fourth-order valence-corrected chi connectivity index (χ4v) is 2.32. The van der Waals surface area contributed by atoms with Gasteiger partial charge in [0.15, 0.2) is 0 Å². The van der Waals surface area contributed by atoms with Crippen LogP contribution in [0.25, 0.3) is 0 Å². The lowest BCUT2D eigenvalue weighted by atomic mass is 10.1. The van der Waals surface area contributed by atoms with Gasteiger partial charge in [0.1, 0.15) is 0 Å². The second kappa shape index (κ2) is 6.58. The van der Waals surface area contributed by atoms with Gasteiger partial charge in [-0.05, 0) is 43.5 Å². The van der Waals surface area contributed by atoms with Crippen molar-refractivity contribution in [3.8, 4) is 0 Å². The van der Waals surface area contributed by atoms with Crippen molar-refractivity contribution in [2.75, 3.05) is 5.73 Å². The number of hydrogen-bond donors (Lipinski definition) is 1. The average molecular weight is 268 g/mol. The largest absolute Gasteiger partial charge is 0.398 e. The highest BCUT2D eigenvalue weighted by molar-refractivity contribution is 5.46. The van der Waals surface area contributed by atoms with Crippen molar-refractivity contribution in [1.82, 2.24) is 4.90 Å². The molecule has 2 nitrogen and oxygen atoms in total. The molecular formula is C18H24N2. The maximum absolute atomic E-state index is 6.07. The van der Waals surface area contributed by atoms with Crippen molar-refractivity contribution in [3.63, 3.8) is 0 Å². The first-order valence-corrected chi connectivity index (χ1v) is 7.20. The quantitative estimate of drug-likeness (QED) is 0.831. The summed E-state index contributed by atoms with van der Waals surface area (Å²) in [4.78, 5) is 2.45. The van der Waals surface area contributed by atoms with Crippen molar-refractivity contribution in [3.05, 3.63) is 65.2 Å². The van der Waals surface area contributed by atoms with Gasteiger partial charge in [0.05, 0.1) is 0 Å². The summed E-state index contributed by atoms with van der Waals surface area (Å²) in [6, 6.07) is 17.2. The number of anilines is 1. The van der Waals surface area contributed by atoms with Crippen molar-refractivity contribution in [2.45, 2.75) is 39.9 Å². The summed E-state index contributed by atoms with van der Waals surface area (Å²) in [7, 11) is 0. The van der Waals surface area contributed by atoms with E-state index in [0.717, 1.165) is 18.8 Å². The first-order valence-electron chi connectivity index (χ1n) is 7.20. The van der Waals surface area contributed by atoms with Crippen LogP contribution in [0.3, 0.4) is 0 Å². The lowest BCUT2D eigenvalue weighted by molar-refractivity contribution is 0.203. The van der Waals surface area contributed by atoms with E-state index < -0.39 is 0 Å². The highest BCUT2D eigenvalue weighted by atomic mass is 15.1. The molecule has 2 N–H and O–H groups in total. The molecule has 106 valence electrons. The smallest absolute Gasteiger partial charge is 0.0359 e. The highest BCUT2D eigenvalue weighted by Crippen LogP contribution is 2.18.